The molecule has 3 nitrogen and oxygen atoms in total. The Hall–Kier alpha value is -0.420. The Morgan fingerprint density at radius 2 is 2.00 bits per heavy atom. The minimum absolute atomic E-state index is 0.448. The molecular formula is C10H13BrN2O. The Labute approximate surface area is 91.2 Å². The molecule has 0 atom stereocenters. The van der Waals surface area contributed by atoms with Crippen LogP contribution in [0.4, 0.5) is 0 Å². The van der Waals surface area contributed by atoms with E-state index in [9.17, 15) is 5.11 Å². The summed E-state index contributed by atoms with van der Waals surface area (Å²) >= 11 is 3.39. The average Bonchev–Trinajstić information content (AvgIpc) is 2.82. The van der Waals surface area contributed by atoms with E-state index in [-0.39, 0.29) is 0 Å². The van der Waals surface area contributed by atoms with Gasteiger partial charge in [-0.15, -0.1) is 0 Å². The lowest BCUT2D eigenvalue weighted by Crippen LogP contribution is -2.58. The largest absolute Gasteiger partial charge is 0.363 e. The highest BCUT2D eigenvalue weighted by atomic mass is 79.9. The molecule has 0 amide bonds. The highest BCUT2D eigenvalue weighted by Crippen LogP contribution is 2.52. The molecule has 0 radical (unpaired) electrons. The first-order valence-corrected chi connectivity index (χ1v) is 5.31. The van der Waals surface area contributed by atoms with E-state index in [1.807, 2.05) is 24.3 Å². The van der Waals surface area contributed by atoms with Gasteiger partial charge in [-0.3, -0.25) is 11.5 Å². The average molecular weight is 257 g/mol. The maximum atomic E-state index is 9.69. The monoisotopic (exact) mass is 256 g/mol. The van der Waals surface area contributed by atoms with Crippen LogP contribution in [0.2, 0.25) is 0 Å². The molecule has 2 rings (SSSR count). The molecule has 1 aromatic rings. The van der Waals surface area contributed by atoms with Gasteiger partial charge in [-0.25, -0.2) is 0 Å². The number of nitrogens with two attached hydrogens (primary N) is 2. The second-order valence-electron chi connectivity index (χ2n) is 3.92. The highest BCUT2D eigenvalue weighted by molar-refractivity contribution is 9.10. The Bertz CT molecular complexity index is 355. The lowest BCUT2D eigenvalue weighted by atomic mass is 9.91. The van der Waals surface area contributed by atoms with Gasteiger partial charge in [0.1, 0.15) is 0 Å². The number of aliphatic hydroxyl groups is 1. The van der Waals surface area contributed by atoms with Crippen LogP contribution in [0, 0.1) is 0 Å². The molecule has 0 unspecified atom stereocenters. The zero-order valence-electron chi connectivity index (χ0n) is 7.70. The summed E-state index contributed by atoms with van der Waals surface area (Å²) in [5.74, 6) is -1.62. The molecule has 1 aliphatic carbocycles. The Morgan fingerprint density at radius 3 is 2.43 bits per heavy atom. The molecule has 0 bridgehead atoms. The van der Waals surface area contributed by atoms with Crippen LogP contribution in [0.5, 0.6) is 0 Å². The molecule has 0 aliphatic heterocycles. The summed E-state index contributed by atoms with van der Waals surface area (Å²) in [6.07, 6.45) is 1.68. The van der Waals surface area contributed by atoms with Crippen molar-refractivity contribution >= 4 is 15.9 Å². The maximum absolute atomic E-state index is 9.69. The van der Waals surface area contributed by atoms with E-state index in [1.54, 1.807) is 0 Å². The van der Waals surface area contributed by atoms with Gasteiger partial charge in [-0.05, 0) is 30.5 Å². The summed E-state index contributed by atoms with van der Waals surface area (Å²) in [6, 6.07) is 7.76. The van der Waals surface area contributed by atoms with Crippen molar-refractivity contribution in [3.8, 4) is 0 Å². The minimum Gasteiger partial charge on any atom is -0.363 e. The molecule has 0 aromatic heterocycles. The Morgan fingerprint density at radius 1 is 1.36 bits per heavy atom. The van der Waals surface area contributed by atoms with Gasteiger partial charge < -0.3 is 5.11 Å². The summed E-state index contributed by atoms with van der Waals surface area (Å²) < 4.78 is 0.977. The summed E-state index contributed by atoms with van der Waals surface area (Å²) in [6.45, 7) is 0. The fraction of sp³-hybridized carbons (Fsp3) is 0.400. The van der Waals surface area contributed by atoms with Crippen molar-refractivity contribution in [2.75, 3.05) is 0 Å². The quantitative estimate of drug-likeness (QED) is 0.693. The molecule has 0 heterocycles. The van der Waals surface area contributed by atoms with Gasteiger partial charge in [0.05, 0.1) is 5.41 Å². The first-order valence-electron chi connectivity index (χ1n) is 4.52. The van der Waals surface area contributed by atoms with Gasteiger partial charge >= 0.3 is 0 Å². The third-order valence-corrected chi connectivity index (χ3v) is 3.39. The van der Waals surface area contributed by atoms with Gasteiger partial charge in [0.25, 0.3) is 0 Å². The van der Waals surface area contributed by atoms with Crippen LogP contribution >= 0.6 is 15.9 Å². The number of hydrogen-bond donors (Lipinski definition) is 3. The lowest BCUT2D eigenvalue weighted by Gasteiger charge is -2.29. The second kappa shape index (κ2) is 3.03. The molecule has 1 aliphatic rings. The van der Waals surface area contributed by atoms with Crippen LogP contribution in [0.25, 0.3) is 0 Å². The molecule has 76 valence electrons. The fourth-order valence-corrected chi connectivity index (χ4v) is 2.23. The summed E-state index contributed by atoms with van der Waals surface area (Å²) in [7, 11) is 0. The first kappa shape index (κ1) is 10.1. The molecule has 4 heteroatoms. The van der Waals surface area contributed by atoms with Gasteiger partial charge in [0, 0.05) is 4.47 Å². The van der Waals surface area contributed by atoms with E-state index in [0.29, 0.717) is 0 Å². The molecule has 14 heavy (non-hydrogen) atoms. The lowest BCUT2D eigenvalue weighted by molar-refractivity contribution is 0.0126. The predicted molar refractivity (Wildman–Crippen MR) is 58.4 cm³/mol. The van der Waals surface area contributed by atoms with E-state index >= 15 is 0 Å². The Kier molecular flexibility index (Phi) is 2.19. The fourth-order valence-electron chi connectivity index (χ4n) is 1.83. The van der Waals surface area contributed by atoms with Crippen LogP contribution in [-0.4, -0.2) is 11.0 Å². The standard InChI is InChI=1S/C10H13BrN2O/c11-8-3-1-2-7(6-8)9(4-5-9)10(12,13)14/h1-3,6,14H,4-5,12-13H2. The van der Waals surface area contributed by atoms with Crippen LogP contribution in [-0.2, 0) is 5.41 Å². The van der Waals surface area contributed by atoms with Gasteiger partial charge in [0.2, 0.25) is 0 Å². The smallest absolute Gasteiger partial charge is 0.176 e. The third-order valence-electron chi connectivity index (χ3n) is 2.89. The topological polar surface area (TPSA) is 72.3 Å². The van der Waals surface area contributed by atoms with Crippen LogP contribution in [0.1, 0.15) is 18.4 Å². The van der Waals surface area contributed by atoms with Gasteiger partial charge in [0.15, 0.2) is 5.85 Å². The SMILES string of the molecule is NC(N)(O)C1(c2cccc(Br)c2)CC1. The second-order valence-corrected chi connectivity index (χ2v) is 4.83. The van der Waals surface area contributed by atoms with Crippen molar-refractivity contribution < 1.29 is 5.11 Å². The molecule has 0 saturated heterocycles. The van der Waals surface area contributed by atoms with E-state index in [0.717, 1.165) is 22.9 Å². The number of hydrogen-bond acceptors (Lipinski definition) is 3. The van der Waals surface area contributed by atoms with E-state index < -0.39 is 11.3 Å². The minimum atomic E-state index is -1.62. The molecule has 0 spiro atoms. The van der Waals surface area contributed by atoms with Crippen molar-refractivity contribution in [1.82, 2.24) is 0 Å². The van der Waals surface area contributed by atoms with Crippen molar-refractivity contribution in [2.45, 2.75) is 24.1 Å². The van der Waals surface area contributed by atoms with Crippen molar-refractivity contribution in [3.05, 3.63) is 34.3 Å². The molecule has 5 N–H and O–H groups in total. The number of benzene rings is 1. The normalized spacial score (nSPS) is 19.4. The summed E-state index contributed by atoms with van der Waals surface area (Å²) in [5.41, 5.74) is 11.7. The van der Waals surface area contributed by atoms with Crippen LogP contribution in [0.3, 0.4) is 0 Å². The highest BCUT2D eigenvalue weighted by Gasteiger charge is 2.56. The predicted octanol–water partition coefficient (Wildman–Crippen LogP) is 1.04. The third kappa shape index (κ3) is 1.48. The first-order chi connectivity index (χ1) is 6.46. The summed E-state index contributed by atoms with van der Waals surface area (Å²) in [5, 5.41) is 9.69. The van der Waals surface area contributed by atoms with Gasteiger partial charge in [-0.2, -0.15) is 0 Å². The van der Waals surface area contributed by atoms with Crippen molar-refractivity contribution in [2.24, 2.45) is 11.5 Å². The zero-order chi connectivity index (χ0) is 10.4. The molecule has 1 aromatic carbocycles. The zero-order valence-corrected chi connectivity index (χ0v) is 9.29. The molecular weight excluding hydrogens is 244 g/mol. The maximum Gasteiger partial charge on any atom is 0.176 e. The van der Waals surface area contributed by atoms with Gasteiger partial charge in [-0.1, -0.05) is 28.1 Å². The van der Waals surface area contributed by atoms with Crippen molar-refractivity contribution in [1.29, 1.82) is 0 Å². The van der Waals surface area contributed by atoms with E-state index in [4.69, 9.17) is 11.5 Å². The number of halogens is 1. The van der Waals surface area contributed by atoms with Crippen LogP contribution < -0.4 is 11.5 Å². The Balaban J connectivity index is 2.41. The van der Waals surface area contributed by atoms with Crippen LogP contribution in [0.15, 0.2) is 28.7 Å². The van der Waals surface area contributed by atoms with E-state index in [2.05, 4.69) is 15.9 Å². The molecule has 1 fully saturated rings. The summed E-state index contributed by atoms with van der Waals surface area (Å²) in [4.78, 5) is 0. The molecule has 1 saturated carbocycles. The number of rotatable bonds is 2. The van der Waals surface area contributed by atoms with Crippen molar-refractivity contribution in [3.63, 3.8) is 0 Å². The van der Waals surface area contributed by atoms with E-state index in [1.165, 1.54) is 0 Å².